The maximum Gasteiger partial charge on any atom is -0.0158 e. The van der Waals surface area contributed by atoms with Crippen LogP contribution in [0.3, 0.4) is 0 Å². The van der Waals surface area contributed by atoms with E-state index in [2.05, 4.69) is 69.2 Å². The molecule has 2 aliphatic rings. The molecule has 2 saturated carbocycles. The summed E-state index contributed by atoms with van der Waals surface area (Å²) in [6.07, 6.45) is 1.34. The summed E-state index contributed by atoms with van der Waals surface area (Å²) < 4.78 is 0. The minimum absolute atomic E-state index is 0.373. The van der Waals surface area contributed by atoms with E-state index in [-0.39, 0.29) is 0 Å². The first-order valence-electron chi connectivity index (χ1n) is 7.85. The molecule has 0 N–H and O–H groups in total. The van der Waals surface area contributed by atoms with Gasteiger partial charge >= 0.3 is 0 Å². The van der Waals surface area contributed by atoms with Crippen LogP contribution in [-0.4, -0.2) is 0 Å². The Morgan fingerprint density at radius 1 is 0.889 bits per heavy atom. The summed E-state index contributed by atoms with van der Waals surface area (Å²) >= 11 is 0. The summed E-state index contributed by atoms with van der Waals surface area (Å²) in [6.45, 7) is 25.0. The molecule has 0 saturated heterocycles. The molecule has 18 heavy (non-hydrogen) atoms. The summed E-state index contributed by atoms with van der Waals surface area (Å²) in [5, 5.41) is 0. The lowest BCUT2D eigenvalue weighted by Crippen LogP contribution is -2.88. The van der Waals surface area contributed by atoms with Crippen LogP contribution in [-0.2, 0) is 0 Å². The number of hydrogen-bond acceptors (Lipinski definition) is 0. The third kappa shape index (κ3) is 0.907. The van der Waals surface area contributed by atoms with Gasteiger partial charge in [-0.15, -0.1) is 0 Å². The summed E-state index contributed by atoms with van der Waals surface area (Å²) in [5.41, 5.74) is 2.25. The fourth-order valence-electron chi connectivity index (χ4n) is 7.36. The van der Waals surface area contributed by atoms with Crippen LogP contribution < -0.4 is 0 Å². The molecule has 2 rings (SSSR count). The van der Waals surface area contributed by atoms with Gasteiger partial charge in [-0.2, -0.15) is 0 Å². The maximum absolute atomic E-state index is 2.59. The molecule has 5 atom stereocenters. The molecule has 0 aromatic rings. The lowest BCUT2D eigenvalue weighted by atomic mass is 9.11. The van der Waals surface area contributed by atoms with Gasteiger partial charge in [-0.05, 0) is 38.9 Å². The van der Waals surface area contributed by atoms with E-state index < -0.39 is 0 Å². The van der Waals surface area contributed by atoms with Gasteiger partial charge in [-0.3, -0.25) is 0 Å². The van der Waals surface area contributed by atoms with E-state index in [9.17, 15) is 0 Å². The quantitative estimate of drug-likeness (QED) is 0.554. The second-order valence-corrected chi connectivity index (χ2v) is 9.21. The topological polar surface area (TPSA) is 0 Å². The van der Waals surface area contributed by atoms with Crippen LogP contribution in [0.25, 0.3) is 0 Å². The zero-order valence-electron chi connectivity index (χ0n) is 14.4. The molecule has 106 valence electrons. The normalized spacial score (nSPS) is 54.3. The van der Waals surface area contributed by atoms with Gasteiger partial charge < -0.3 is 0 Å². The van der Waals surface area contributed by atoms with Gasteiger partial charge in [0.05, 0.1) is 0 Å². The average Bonchev–Trinajstić information content (AvgIpc) is 2.24. The van der Waals surface area contributed by atoms with Crippen LogP contribution in [0.1, 0.15) is 75.7 Å². The lowest BCUT2D eigenvalue weighted by molar-refractivity contribution is -0.455. The Hall–Kier alpha value is 0. The molecule has 0 aromatic carbocycles. The van der Waals surface area contributed by atoms with Gasteiger partial charge in [0.25, 0.3) is 0 Å². The molecule has 0 heterocycles. The molecule has 0 radical (unpaired) electrons. The average molecular weight is 250 g/mol. The summed E-state index contributed by atoms with van der Waals surface area (Å²) in [6, 6.07) is 0. The van der Waals surface area contributed by atoms with Crippen molar-refractivity contribution in [3.8, 4) is 0 Å². The van der Waals surface area contributed by atoms with Crippen LogP contribution in [0.15, 0.2) is 0 Å². The van der Waals surface area contributed by atoms with Crippen LogP contribution in [0, 0.1) is 38.9 Å². The fraction of sp³-hybridized carbons (Fsp3) is 1.00. The Morgan fingerprint density at radius 2 is 1.33 bits per heavy atom. The molecule has 0 nitrogen and oxygen atoms in total. The monoisotopic (exact) mass is 250 g/mol. The second kappa shape index (κ2) is 3.18. The third-order valence-corrected chi connectivity index (χ3v) is 8.86. The minimum Gasteiger partial charge on any atom is -0.0651 e. The van der Waals surface area contributed by atoms with E-state index in [1.54, 1.807) is 0 Å². The van der Waals surface area contributed by atoms with E-state index in [1.807, 2.05) is 0 Å². The number of hydrogen-bond donors (Lipinski definition) is 0. The Bertz CT molecular complexity index is 372. The molecule has 0 amide bonds. The van der Waals surface area contributed by atoms with Crippen molar-refractivity contribution < 1.29 is 0 Å². The van der Waals surface area contributed by atoms with Crippen molar-refractivity contribution in [2.75, 3.05) is 0 Å². The summed E-state index contributed by atoms with van der Waals surface area (Å²) in [4.78, 5) is 0. The predicted molar refractivity (Wildman–Crippen MR) is 80.5 cm³/mol. The molecular weight excluding hydrogens is 216 g/mol. The van der Waals surface area contributed by atoms with Crippen LogP contribution in [0.5, 0.6) is 0 Å². The largest absolute Gasteiger partial charge is 0.0651 e. The lowest BCUT2D eigenvalue weighted by Gasteiger charge is -2.92. The predicted octanol–water partition coefficient (Wildman–Crippen LogP) is 5.77. The van der Waals surface area contributed by atoms with Crippen molar-refractivity contribution in [2.45, 2.75) is 75.7 Å². The minimum atomic E-state index is 0.373. The van der Waals surface area contributed by atoms with Crippen LogP contribution in [0.4, 0.5) is 0 Å². The molecule has 0 heteroatoms. The third-order valence-electron chi connectivity index (χ3n) is 8.86. The van der Waals surface area contributed by atoms with Crippen LogP contribution in [0.2, 0.25) is 0 Å². The van der Waals surface area contributed by atoms with E-state index in [1.165, 1.54) is 6.42 Å². The summed E-state index contributed by atoms with van der Waals surface area (Å²) in [7, 11) is 0. The smallest absolute Gasteiger partial charge is 0.0158 e. The molecule has 5 unspecified atom stereocenters. The Labute approximate surface area is 115 Å². The molecule has 2 fully saturated rings. The molecule has 0 spiro atoms. The first kappa shape index (κ1) is 14.4. The number of fused-ring (bicyclic) bond motifs is 1. The standard InChI is InChI=1S/C18H34/c1-11-13-12(2)16(8)15(6,7)18(10,14(3,4)5)17(13,16)9/h12-13H,11H2,1-10H3. The second-order valence-electron chi connectivity index (χ2n) is 9.21. The van der Waals surface area contributed by atoms with E-state index in [0.717, 1.165) is 11.8 Å². The first-order valence-corrected chi connectivity index (χ1v) is 7.85. The van der Waals surface area contributed by atoms with Gasteiger partial charge in [-0.1, -0.05) is 75.7 Å². The summed E-state index contributed by atoms with van der Waals surface area (Å²) in [5.74, 6) is 1.78. The molecule has 0 bridgehead atoms. The van der Waals surface area contributed by atoms with E-state index in [4.69, 9.17) is 0 Å². The maximum atomic E-state index is 2.59. The number of rotatable bonds is 1. The highest BCUT2D eigenvalue weighted by molar-refractivity contribution is 5.35. The van der Waals surface area contributed by atoms with Gasteiger partial charge in [0.15, 0.2) is 0 Å². The molecule has 0 aromatic heterocycles. The van der Waals surface area contributed by atoms with E-state index in [0.29, 0.717) is 27.1 Å². The zero-order valence-corrected chi connectivity index (χ0v) is 14.4. The van der Waals surface area contributed by atoms with Crippen molar-refractivity contribution in [1.82, 2.24) is 0 Å². The molecule has 2 aliphatic carbocycles. The molecular formula is C18H34. The van der Waals surface area contributed by atoms with Crippen molar-refractivity contribution in [3.63, 3.8) is 0 Å². The van der Waals surface area contributed by atoms with Gasteiger partial charge in [-0.25, -0.2) is 0 Å². The van der Waals surface area contributed by atoms with Gasteiger partial charge in [0, 0.05) is 0 Å². The highest BCUT2D eigenvalue weighted by Crippen LogP contribution is 2.93. The SMILES string of the molecule is CCC1C(C)C2(C)C(C)(C)C(C)(C(C)(C)C)C12C. The van der Waals surface area contributed by atoms with Crippen molar-refractivity contribution in [2.24, 2.45) is 38.9 Å². The van der Waals surface area contributed by atoms with E-state index >= 15 is 0 Å². The fourth-order valence-corrected chi connectivity index (χ4v) is 7.36. The Kier molecular flexibility index (Phi) is 2.54. The first-order chi connectivity index (χ1) is 7.85. The van der Waals surface area contributed by atoms with Crippen molar-refractivity contribution in [1.29, 1.82) is 0 Å². The highest BCUT2D eigenvalue weighted by Gasteiger charge is 2.88. The van der Waals surface area contributed by atoms with Gasteiger partial charge in [0.1, 0.15) is 0 Å². The van der Waals surface area contributed by atoms with Gasteiger partial charge in [0.2, 0.25) is 0 Å². The molecule has 0 aliphatic heterocycles. The van der Waals surface area contributed by atoms with Crippen LogP contribution >= 0.6 is 0 Å². The highest BCUT2D eigenvalue weighted by atomic mass is 14.9. The zero-order chi connectivity index (χ0) is 14.4. The Morgan fingerprint density at radius 3 is 1.67 bits per heavy atom. The van der Waals surface area contributed by atoms with Crippen molar-refractivity contribution in [3.05, 3.63) is 0 Å². The Balaban J connectivity index is 2.59. The van der Waals surface area contributed by atoms with Crippen molar-refractivity contribution >= 4 is 0 Å².